The Morgan fingerprint density at radius 1 is 1.37 bits per heavy atom. The van der Waals surface area contributed by atoms with Gasteiger partial charge in [-0.15, -0.1) is 0 Å². The van der Waals surface area contributed by atoms with Crippen LogP contribution in [-0.4, -0.2) is 30.0 Å². The first-order valence-electron chi connectivity index (χ1n) is 5.92. The van der Waals surface area contributed by atoms with Gasteiger partial charge in [-0.2, -0.15) is 0 Å². The Labute approximate surface area is 110 Å². The average Bonchev–Trinajstić information content (AvgIpc) is 2.66. The van der Waals surface area contributed by atoms with Gasteiger partial charge in [-0.1, -0.05) is 6.07 Å². The number of rotatable bonds is 3. The summed E-state index contributed by atoms with van der Waals surface area (Å²) in [5, 5.41) is 1.60. The second kappa shape index (κ2) is 4.55. The summed E-state index contributed by atoms with van der Waals surface area (Å²) >= 11 is 0. The fourth-order valence-electron chi connectivity index (χ4n) is 1.81. The molecule has 1 heterocycles. The Bertz CT molecular complexity index is 667. The number of oxazole rings is 1. The first-order chi connectivity index (χ1) is 8.80. The van der Waals surface area contributed by atoms with Crippen molar-refractivity contribution in [3.05, 3.63) is 34.3 Å². The Morgan fingerprint density at radius 3 is 2.68 bits per heavy atom. The third-order valence-electron chi connectivity index (χ3n) is 3.04. The van der Waals surface area contributed by atoms with Crippen LogP contribution in [0.5, 0.6) is 0 Å². The number of hydrogen-bond acceptors (Lipinski definition) is 4. The second-order valence-corrected chi connectivity index (χ2v) is 5.19. The second-order valence-electron chi connectivity index (χ2n) is 5.19. The number of aromatic amines is 1. The number of nitrogens with zero attached hydrogens (tertiary/aromatic N) is 1. The summed E-state index contributed by atoms with van der Waals surface area (Å²) in [5.41, 5.74) is 3.86. The third kappa shape index (κ3) is 2.53. The summed E-state index contributed by atoms with van der Waals surface area (Å²) in [6, 6.07) is 5.26. The zero-order valence-corrected chi connectivity index (χ0v) is 11.4. The van der Waals surface area contributed by atoms with Crippen LogP contribution in [-0.2, 0) is 10.2 Å². The van der Waals surface area contributed by atoms with Crippen LogP contribution in [0.3, 0.4) is 0 Å². The van der Waals surface area contributed by atoms with Gasteiger partial charge < -0.3 is 4.42 Å². The number of fused-ring (bicyclic) bond motifs is 1. The van der Waals surface area contributed by atoms with Crippen molar-refractivity contribution in [3.63, 3.8) is 0 Å². The van der Waals surface area contributed by atoms with Gasteiger partial charge >= 0.3 is 5.76 Å². The van der Waals surface area contributed by atoms with Crippen molar-refractivity contribution in [1.82, 2.24) is 15.4 Å². The number of nitrogens with one attached hydrogen (secondary N) is 2. The summed E-state index contributed by atoms with van der Waals surface area (Å²) in [5.74, 6) is -0.627. The zero-order chi connectivity index (χ0) is 14.2. The predicted octanol–water partition coefficient (Wildman–Crippen LogP) is 0.991. The summed E-state index contributed by atoms with van der Waals surface area (Å²) in [6.45, 7) is 3.63. The number of carbonyl (C=O) groups is 1. The van der Waals surface area contributed by atoms with Crippen molar-refractivity contribution in [3.8, 4) is 0 Å². The van der Waals surface area contributed by atoms with Crippen LogP contribution in [0, 0.1) is 0 Å². The van der Waals surface area contributed by atoms with E-state index in [-0.39, 0.29) is 5.91 Å². The summed E-state index contributed by atoms with van der Waals surface area (Å²) < 4.78 is 5.01. The minimum absolute atomic E-state index is 0.130. The van der Waals surface area contributed by atoms with Gasteiger partial charge in [0.2, 0.25) is 5.91 Å². The Morgan fingerprint density at radius 2 is 2.05 bits per heavy atom. The van der Waals surface area contributed by atoms with Gasteiger partial charge in [0.15, 0.2) is 5.58 Å². The number of H-pyrrole nitrogens is 1. The standard InChI is InChI=1S/C13H17N3O3/c1-13(2,11(17)15-16(3)4)8-5-6-9-10(7-8)19-12(18)14-9/h5-7H,1-4H3,(H,14,18)(H,15,17). The van der Waals surface area contributed by atoms with Crippen LogP contribution in [0.15, 0.2) is 27.4 Å². The van der Waals surface area contributed by atoms with E-state index >= 15 is 0 Å². The lowest BCUT2D eigenvalue weighted by Crippen LogP contribution is -2.46. The molecule has 0 bridgehead atoms. The molecule has 2 aromatic rings. The van der Waals surface area contributed by atoms with Crippen molar-refractivity contribution in [1.29, 1.82) is 0 Å². The maximum atomic E-state index is 12.2. The SMILES string of the molecule is CN(C)NC(=O)C(C)(C)c1ccc2[nH]c(=O)oc2c1. The molecule has 0 spiro atoms. The van der Waals surface area contributed by atoms with Crippen molar-refractivity contribution < 1.29 is 9.21 Å². The Kier molecular flexibility index (Phi) is 3.20. The quantitative estimate of drug-likeness (QED) is 0.809. The number of hydrogen-bond donors (Lipinski definition) is 2. The molecule has 0 fully saturated rings. The van der Waals surface area contributed by atoms with Gasteiger partial charge in [0.1, 0.15) is 0 Å². The smallest absolute Gasteiger partial charge is 0.408 e. The molecule has 102 valence electrons. The molecule has 0 saturated heterocycles. The highest BCUT2D eigenvalue weighted by Crippen LogP contribution is 2.26. The molecule has 0 aliphatic rings. The number of hydrazine groups is 1. The van der Waals surface area contributed by atoms with Crippen molar-refractivity contribution in [2.24, 2.45) is 0 Å². The highest BCUT2D eigenvalue weighted by atomic mass is 16.4. The van der Waals surface area contributed by atoms with Crippen LogP contribution in [0.25, 0.3) is 11.1 Å². The monoisotopic (exact) mass is 263 g/mol. The summed E-state index contributed by atoms with van der Waals surface area (Å²) in [6.07, 6.45) is 0. The number of carbonyl (C=O) groups excluding carboxylic acids is 1. The molecular weight excluding hydrogens is 246 g/mol. The highest BCUT2D eigenvalue weighted by Gasteiger charge is 2.30. The molecule has 0 aliphatic carbocycles. The largest absolute Gasteiger partial charge is 0.417 e. The van der Waals surface area contributed by atoms with Crippen LogP contribution in [0.2, 0.25) is 0 Å². The molecule has 0 radical (unpaired) electrons. The van der Waals surface area contributed by atoms with Crippen LogP contribution < -0.4 is 11.2 Å². The lowest BCUT2D eigenvalue weighted by molar-refractivity contribution is -0.129. The van der Waals surface area contributed by atoms with E-state index in [0.29, 0.717) is 11.1 Å². The van der Waals surface area contributed by atoms with Crippen molar-refractivity contribution in [2.45, 2.75) is 19.3 Å². The zero-order valence-electron chi connectivity index (χ0n) is 11.4. The minimum Gasteiger partial charge on any atom is -0.408 e. The van der Waals surface area contributed by atoms with Gasteiger partial charge in [-0.05, 0) is 31.5 Å². The van der Waals surface area contributed by atoms with Gasteiger partial charge in [0.25, 0.3) is 0 Å². The molecule has 1 aromatic heterocycles. The van der Waals surface area contributed by atoms with E-state index in [1.54, 1.807) is 31.2 Å². The maximum Gasteiger partial charge on any atom is 0.417 e. The first-order valence-corrected chi connectivity index (χ1v) is 5.92. The Hall–Kier alpha value is -2.08. The normalized spacial score (nSPS) is 12.1. The van der Waals surface area contributed by atoms with E-state index in [2.05, 4.69) is 10.4 Å². The fraction of sp³-hybridized carbons (Fsp3) is 0.385. The lowest BCUT2D eigenvalue weighted by Gasteiger charge is -2.26. The number of amides is 1. The fourth-order valence-corrected chi connectivity index (χ4v) is 1.81. The molecule has 0 atom stereocenters. The minimum atomic E-state index is -0.728. The molecule has 2 rings (SSSR count). The molecule has 0 aliphatic heterocycles. The van der Waals surface area contributed by atoms with Crippen molar-refractivity contribution >= 4 is 17.0 Å². The van der Waals surface area contributed by atoms with Gasteiger partial charge in [-0.25, -0.2) is 9.80 Å². The average molecular weight is 263 g/mol. The Balaban J connectivity index is 2.41. The molecule has 0 unspecified atom stereocenters. The van der Waals surface area contributed by atoms with Gasteiger partial charge in [-0.3, -0.25) is 15.2 Å². The van der Waals surface area contributed by atoms with E-state index in [0.717, 1.165) is 5.56 Å². The molecular formula is C13H17N3O3. The predicted molar refractivity (Wildman–Crippen MR) is 71.7 cm³/mol. The molecule has 1 aromatic carbocycles. The van der Waals surface area contributed by atoms with Crippen LogP contribution in [0.1, 0.15) is 19.4 Å². The number of benzene rings is 1. The summed E-state index contributed by atoms with van der Waals surface area (Å²) in [4.78, 5) is 25.9. The van der Waals surface area contributed by atoms with E-state index in [1.165, 1.54) is 0 Å². The molecule has 0 saturated carbocycles. The van der Waals surface area contributed by atoms with Crippen LogP contribution in [0.4, 0.5) is 0 Å². The lowest BCUT2D eigenvalue weighted by atomic mass is 9.84. The third-order valence-corrected chi connectivity index (χ3v) is 3.04. The van der Waals surface area contributed by atoms with E-state index in [4.69, 9.17) is 4.42 Å². The summed E-state index contributed by atoms with van der Waals surface area (Å²) in [7, 11) is 3.50. The first kappa shape index (κ1) is 13.4. The topological polar surface area (TPSA) is 78.3 Å². The van der Waals surface area contributed by atoms with Crippen molar-refractivity contribution in [2.75, 3.05) is 14.1 Å². The highest BCUT2D eigenvalue weighted by molar-refractivity contribution is 5.88. The van der Waals surface area contributed by atoms with Gasteiger partial charge in [0, 0.05) is 14.1 Å². The number of aromatic nitrogens is 1. The van der Waals surface area contributed by atoms with Crippen LogP contribution >= 0.6 is 0 Å². The molecule has 2 N–H and O–H groups in total. The molecule has 19 heavy (non-hydrogen) atoms. The van der Waals surface area contributed by atoms with Gasteiger partial charge in [0.05, 0.1) is 10.9 Å². The van der Waals surface area contributed by atoms with E-state index in [9.17, 15) is 9.59 Å². The van der Waals surface area contributed by atoms with E-state index in [1.807, 2.05) is 19.9 Å². The maximum absolute atomic E-state index is 12.2. The molecule has 6 heteroatoms. The molecule has 1 amide bonds. The van der Waals surface area contributed by atoms with E-state index < -0.39 is 11.2 Å². The molecule has 6 nitrogen and oxygen atoms in total.